The smallest absolute Gasteiger partial charge is 0.264 e. The van der Waals surface area contributed by atoms with Crippen LogP contribution < -0.4 is 9.62 Å². The molecule has 1 unspecified atom stereocenters. The van der Waals surface area contributed by atoms with Crippen molar-refractivity contribution in [2.45, 2.75) is 58.0 Å². The highest BCUT2D eigenvalue weighted by molar-refractivity contribution is 7.92. The van der Waals surface area contributed by atoms with Crippen molar-refractivity contribution >= 4 is 27.5 Å². The van der Waals surface area contributed by atoms with Crippen LogP contribution >= 0.6 is 0 Å². The average Bonchev–Trinajstić information content (AvgIpc) is 3.02. The molecule has 230 valence electrons. The largest absolute Gasteiger partial charge is 0.354 e. The minimum Gasteiger partial charge on any atom is -0.354 e. The fourth-order valence-corrected chi connectivity index (χ4v) is 6.48. The third-order valence-corrected chi connectivity index (χ3v) is 9.43. The second-order valence-corrected chi connectivity index (χ2v) is 13.0. The molecule has 0 heterocycles. The van der Waals surface area contributed by atoms with Crippen molar-refractivity contribution in [2.75, 3.05) is 17.4 Å². The topological polar surface area (TPSA) is 86.8 Å². The van der Waals surface area contributed by atoms with Crippen LogP contribution in [0.4, 0.5) is 5.69 Å². The van der Waals surface area contributed by atoms with Crippen molar-refractivity contribution in [1.29, 1.82) is 0 Å². The summed E-state index contributed by atoms with van der Waals surface area (Å²) in [6.07, 6.45) is 1.02. The summed E-state index contributed by atoms with van der Waals surface area (Å²) in [4.78, 5) is 29.8. The number of rotatable bonds is 13. The Balaban J connectivity index is 1.81. The van der Waals surface area contributed by atoms with E-state index in [1.807, 2.05) is 88.4 Å². The van der Waals surface area contributed by atoms with E-state index in [0.717, 1.165) is 38.5 Å². The lowest BCUT2D eigenvalue weighted by Gasteiger charge is -2.34. The van der Waals surface area contributed by atoms with Gasteiger partial charge in [-0.3, -0.25) is 13.9 Å². The number of hydrogen-bond donors (Lipinski definition) is 1. The molecule has 0 fully saturated rings. The number of carbonyl (C=O) groups excluding carboxylic acids is 2. The van der Waals surface area contributed by atoms with Gasteiger partial charge in [-0.1, -0.05) is 91.3 Å². The molecule has 0 saturated carbocycles. The second kappa shape index (κ2) is 14.8. The molecule has 0 radical (unpaired) electrons. The van der Waals surface area contributed by atoms with E-state index >= 15 is 0 Å². The van der Waals surface area contributed by atoms with Gasteiger partial charge in [-0.25, -0.2) is 8.42 Å². The standard InChI is InChI=1S/C36H41N3O4S/c1-5-21-37-36(41)34(24-30-14-8-6-9-15-30)38(25-31-16-12-13-27(2)22-31)35(40)26-39(32-20-19-28(3)29(4)23-32)44(42,43)33-17-10-7-11-18-33/h6-20,22-23,34H,5,21,24-26H2,1-4H3,(H,37,41). The van der Waals surface area contributed by atoms with Crippen LogP contribution in [0.25, 0.3) is 0 Å². The fraction of sp³-hybridized carbons (Fsp3) is 0.278. The lowest BCUT2D eigenvalue weighted by atomic mass is 10.0. The SMILES string of the molecule is CCCNC(=O)C(Cc1ccccc1)N(Cc1cccc(C)c1)C(=O)CN(c1ccc(C)c(C)c1)S(=O)(=O)c1ccccc1. The first-order chi connectivity index (χ1) is 21.1. The molecule has 1 atom stereocenters. The molecular weight excluding hydrogens is 570 g/mol. The van der Waals surface area contributed by atoms with Crippen molar-refractivity contribution in [1.82, 2.24) is 10.2 Å². The number of hydrogen-bond acceptors (Lipinski definition) is 4. The van der Waals surface area contributed by atoms with Gasteiger partial charge in [0.2, 0.25) is 11.8 Å². The molecule has 2 amide bonds. The van der Waals surface area contributed by atoms with Crippen LogP contribution in [0.15, 0.2) is 108 Å². The fourth-order valence-electron chi connectivity index (χ4n) is 5.06. The van der Waals surface area contributed by atoms with Gasteiger partial charge in [0.1, 0.15) is 12.6 Å². The predicted octanol–water partition coefficient (Wildman–Crippen LogP) is 5.97. The number of carbonyl (C=O) groups is 2. The summed E-state index contributed by atoms with van der Waals surface area (Å²) in [5, 5.41) is 2.98. The Kier molecular flexibility index (Phi) is 11.0. The van der Waals surface area contributed by atoms with Gasteiger partial charge < -0.3 is 10.2 Å². The van der Waals surface area contributed by atoms with Crippen LogP contribution in [0.3, 0.4) is 0 Å². The van der Waals surface area contributed by atoms with Gasteiger partial charge >= 0.3 is 0 Å². The molecular formula is C36H41N3O4S. The maximum Gasteiger partial charge on any atom is 0.264 e. The van der Waals surface area contributed by atoms with Crippen molar-refractivity contribution < 1.29 is 18.0 Å². The average molecular weight is 612 g/mol. The molecule has 1 N–H and O–H groups in total. The van der Waals surface area contributed by atoms with E-state index in [1.165, 1.54) is 17.0 Å². The molecule has 0 aliphatic rings. The number of amides is 2. The highest BCUT2D eigenvalue weighted by Crippen LogP contribution is 2.27. The molecule has 4 aromatic rings. The summed E-state index contributed by atoms with van der Waals surface area (Å²) in [5.74, 6) is -0.753. The van der Waals surface area contributed by atoms with Crippen molar-refractivity contribution in [3.05, 3.63) is 131 Å². The van der Waals surface area contributed by atoms with Gasteiger partial charge in [-0.15, -0.1) is 0 Å². The molecule has 0 saturated heterocycles. The van der Waals surface area contributed by atoms with Gasteiger partial charge in [0.25, 0.3) is 10.0 Å². The zero-order valence-corrected chi connectivity index (χ0v) is 26.7. The van der Waals surface area contributed by atoms with Crippen LogP contribution in [0.1, 0.15) is 41.2 Å². The predicted molar refractivity (Wildman–Crippen MR) is 176 cm³/mol. The Labute approximate surface area is 261 Å². The van der Waals surface area contributed by atoms with Gasteiger partial charge in [-0.2, -0.15) is 0 Å². The Bertz CT molecular complexity index is 1670. The van der Waals surface area contributed by atoms with Crippen molar-refractivity contribution in [3.63, 3.8) is 0 Å². The summed E-state index contributed by atoms with van der Waals surface area (Å²) < 4.78 is 29.4. The zero-order chi connectivity index (χ0) is 31.7. The molecule has 44 heavy (non-hydrogen) atoms. The first-order valence-corrected chi connectivity index (χ1v) is 16.4. The maximum atomic E-state index is 14.5. The van der Waals surface area contributed by atoms with E-state index in [9.17, 15) is 18.0 Å². The Morgan fingerprint density at radius 1 is 0.773 bits per heavy atom. The van der Waals surface area contributed by atoms with Crippen molar-refractivity contribution in [3.8, 4) is 0 Å². The summed E-state index contributed by atoms with van der Waals surface area (Å²) in [6.45, 7) is 7.94. The molecule has 8 heteroatoms. The van der Waals surface area contributed by atoms with E-state index in [4.69, 9.17) is 0 Å². The Morgan fingerprint density at radius 2 is 1.43 bits per heavy atom. The number of benzene rings is 4. The number of nitrogens with zero attached hydrogens (tertiary/aromatic N) is 2. The van der Waals surface area contributed by atoms with Crippen LogP contribution in [-0.2, 0) is 32.6 Å². The van der Waals surface area contributed by atoms with E-state index in [1.54, 1.807) is 30.3 Å². The van der Waals surface area contributed by atoms with Crippen LogP contribution in [0.5, 0.6) is 0 Å². The minimum atomic E-state index is -4.13. The first kappa shape index (κ1) is 32.5. The second-order valence-electron chi connectivity index (χ2n) is 11.1. The molecule has 0 spiro atoms. The highest BCUT2D eigenvalue weighted by Gasteiger charge is 2.34. The molecule has 0 bridgehead atoms. The Hall–Kier alpha value is -4.43. The van der Waals surface area contributed by atoms with E-state index in [2.05, 4.69) is 5.32 Å². The van der Waals surface area contributed by atoms with Gasteiger partial charge in [-0.05, 0) is 73.7 Å². The van der Waals surface area contributed by atoms with Gasteiger partial charge in [0, 0.05) is 19.5 Å². The molecule has 0 aliphatic carbocycles. The summed E-state index contributed by atoms with van der Waals surface area (Å²) >= 11 is 0. The number of sulfonamides is 1. The highest BCUT2D eigenvalue weighted by atomic mass is 32.2. The monoisotopic (exact) mass is 611 g/mol. The van der Waals surface area contributed by atoms with Gasteiger partial charge in [0.15, 0.2) is 0 Å². The normalized spacial score (nSPS) is 11.9. The molecule has 4 aromatic carbocycles. The summed E-state index contributed by atoms with van der Waals surface area (Å²) in [6, 6.07) is 29.9. The molecule has 0 aromatic heterocycles. The number of nitrogens with one attached hydrogen (secondary N) is 1. The Morgan fingerprint density at radius 3 is 2.07 bits per heavy atom. The molecule has 7 nitrogen and oxygen atoms in total. The zero-order valence-electron chi connectivity index (χ0n) is 25.9. The minimum absolute atomic E-state index is 0.0813. The molecule has 0 aliphatic heterocycles. The number of anilines is 1. The maximum absolute atomic E-state index is 14.5. The van der Waals surface area contributed by atoms with Crippen LogP contribution in [0.2, 0.25) is 0 Å². The van der Waals surface area contributed by atoms with Crippen molar-refractivity contribution in [2.24, 2.45) is 0 Å². The summed E-state index contributed by atoms with van der Waals surface area (Å²) in [7, 11) is -4.13. The third kappa shape index (κ3) is 8.14. The lowest BCUT2D eigenvalue weighted by molar-refractivity contribution is -0.140. The third-order valence-electron chi connectivity index (χ3n) is 7.64. The summed E-state index contributed by atoms with van der Waals surface area (Å²) in [5.41, 5.74) is 5.07. The molecule has 4 rings (SSSR count). The van der Waals surface area contributed by atoms with Gasteiger partial charge in [0.05, 0.1) is 10.6 Å². The quantitative estimate of drug-likeness (QED) is 0.202. The van der Waals surface area contributed by atoms with E-state index < -0.39 is 28.5 Å². The van der Waals surface area contributed by atoms with E-state index in [-0.39, 0.29) is 23.8 Å². The number of aryl methyl sites for hydroxylation is 3. The van der Waals surface area contributed by atoms with E-state index in [0.29, 0.717) is 12.2 Å². The van der Waals surface area contributed by atoms with Crippen LogP contribution in [0, 0.1) is 20.8 Å². The lowest BCUT2D eigenvalue weighted by Crippen LogP contribution is -2.53. The first-order valence-electron chi connectivity index (χ1n) is 14.9. The van der Waals surface area contributed by atoms with Crippen LogP contribution in [-0.4, -0.2) is 44.3 Å².